The minimum Gasteiger partial charge on any atom is -0.483 e. The fourth-order valence-electron chi connectivity index (χ4n) is 3.74. The van der Waals surface area contributed by atoms with Crippen LogP contribution in [-0.4, -0.2) is 40.2 Å². The fourth-order valence-corrected chi connectivity index (χ4v) is 4.76. The summed E-state index contributed by atoms with van der Waals surface area (Å²) >= 11 is 0. The Morgan fingerprint density at radius 3 is 2.54 bits per heavy atom. The van der Waals surface area contributed by atoms with Crippen LogP contribution in [0, 0.1) is 6.92 Å². The van der Waals surface area contributed by atoms with Crippen molar-refractivity contribution in [2.45, 2.75) is 58.5 Å². The Labute approximate surface area is 219 Å². The van der Waals surface area contributed by atoms with Gasteiger partial charge in [0.1, 0.15) is 18.6 Å². The topological polar surface area (TPSA) is 90.6 Å². The summed E-state index contributed by atoms with van der Waals surface area (Å²) in [5.41, 5.74) is 3.41. The van der Waals surface area contributed by atoms with Gasteiger partial charge in [0, 0.05) is 12.4 Å². The van der Waals surface area contributed by atoms with Crippen molar-refractivity contribution >= 4 is 19.9 Å². The molecule has 8 nitrogen and oxygen atoms in total. The van der Waals surface area contributed by atoms with E-state index in [1.54, 1.807) is 16.7 Å². The van der Waals surface area contributed by atoms with Crippen LogP contribution in [0.2, 0.25) is 18.1 Å². The van der Waals surface area contributed by atoms with Crippen LogP contribution >= 0.6 is 0 Å². The predicted molar refractivity (Wildman–Crippen MR) is 146 cm³/mol. The first-order chi connectivity index (χ1) is 17.6. The molecule has 194 valence electrons. The van der Waals surface area contributed by atoms with Crippen molar-refractivity contribution in [1.29, 1.82) is 0 Å². The summed E-state index contributed by atoms with van der Waals surface area (Å²) in [6.45, 7) is 13.6. The second kappa shape index (κ2) is 10.8. The summed E-state index contributed by atoms with van der Waals surface area (Å²) in [5.74, 6) is 0.356. The highest BCUT2D eigenvalue weighted by Crippen LogP contribution is 2.37. The van der Waals surface area contributed by atoms with Crippen LogP contribution in [-0.2, 0) is 11.0 Å². The van der Waals surface area contributed by atoms with Crippen molar-refractivity contribution in [2.75, 3.05) is 6.61 Å². The lowest BCUT2D eigenvalue weighted by atomic mass is 10.1. The summed E-state index contributed by atoms with van der Waals surface area (Å²) < 4.78 is 14.3. The number of rotatable bonds is 9. The van der Waals surface area contributed by atoms with Crippen LogP contribution in [0.4, 0.5) is 0 Å². The first-order valence-electron chi connectivity index (χ1n) is 12.4. The van der Waals surface area contributed by atoms with Crippen molar-refractivity contribution in [2.24, 2.45) is 0 Å². The number of pyridine rings is 1. The molecule has 1 amide bonds. The lowest BCUT2D eigenvalue weighted by Gasteiger charge is -2.37. The fraction of sp³-hybridized carbons (Fsp3) is 0.357. The number of aromatic nitrogens is 4. The molecular weight excluding hydrogens is 482 g/mol. The second-order valence-electron chi connectivity index (χ2n) is 10.6. The van der Waals surface area contributed by atoms with Crippen molar-refractivity contribution in [3.05, 3.63) is 89.9 Å². The van der Waals surface area contributed by atoms with Crippen LogP contribution in [0.15, 0.2) is 67.3 Å². The van der Waals surface area contributed by atoms with E-state index in [1.165, 1.54) is 6.33 Å². The Hall–Kier alpha value is -3.56. The van der Waals surface area contributed by atoms with Crippen LogP contribution in [0.3, 0.4) is 0 Å². The van der Waals surface area contributed by atoms with E-state index in [4.69, 9.17) is 9.16 Å². The molecule has 0 unspecified atom stereocenters. The predicted octanol–water partition coefficient (Wildman–Crippen LogP) is 5.50. The molecular formula is C28H35N5O3Si. The number of benzene rings is 1. The molecule has 0 aliphatic carbocycles. The second-order valence-corrected chi connectivity index (χ2v) is 15.4. The zero-order chi connectivity index (χ0) is 26.6. The molecule has 0 saturated heterocycles. The molecule has 4 aromatic rings. The minimum absolute atomic E-state index is 0.0681. The minimum atomic E-state index is -2.01. The maximum absolute atomic E-state index is 13.7. The SMILES string of the molecule is Cc1nc2c(OCc3ccncn3)cccn2c1C(=O)N[C@@H](CO[Si](C)(C)C(C)(C)C)c1ccccc1. The van der Waals surface area contributed by atoms with Gasteiger partial charge in [0.2, 0.25) is 0 Å². The Morgan fingerprint density at radius 2 is 1.86 bits per heavy atom. The van der Waals surface area contributed by atoms with Gasteiger partial charge in [-0.15, -0.1) is 0 Å². The highest BCUT2D eigenvalue weighted by Gasteiger charge is 2.38. The van der Waals surface area contributed by atoms with E-state index in [0.717, 1.165) is 11.3 Å². The molecule has 0 radical (unpaired) electrons. The maximum atomic E-state index is 13.7. The molecule has 1 atom stereocenters. The van der Waals surface area contributed by atoms with Gasteiger partial charge in [-0.25, -0.2) is 15.0 Å². The first kappa shape index (κ1) is 26.5. The Bertz CT molecular complexity index is 1350. The highest BCUT2D eigenvalue weighted by molar-refractivity contribution is 6.74. The van der Waals surface area contributed by atoms with E-state index in [0.29, 0.717) is 29.4 Å². The Morgan fingerprint density at radius 1 is 1.11 bits per heavy atom. The number of amides is 1. The largest absolute Gasteiger partial charge is 0.483 e. The summed E-state index contributed by atoms with van der Waals surface area (Å²) in [7, 11) is -2.01. The number of nitrogens with zero attached hydrogens (tertiary/aromatic N) is 4. The third-order valence-electron chi connectivity index (χ3n) is 6.95. The smallest absolute Gasteiger partial charge is 0.270 e. The van der Waals surface area contributed by atoms with E-state index in [9.17, 15) is 4.79 Å². The normalized spacial score (nSPS) is 12.9. The van der Waals surface area contributed by atoms with Crippen molar-refractivity contribution in [3.8, 4) is 5.75 Å². The van der Waals surface area contributed by atoms with Gasteiger partial charge in [0.05, 0.1) is 24.0 Å². The Kier molecular flexibility index (Phi) is 7.75. The van der Waals surface area contributed by atoms with E-state index in [2.05, 4.69) is 54.1 Å². The summed E-state index contributed by atoms with van der Waals surface area (Å²) in [5, 5.41) is 3.28. The van der Waals surface area contributed by atoms with Gasteiger partial charge in [-0.3, -0.25) is 9.20 Å². The van der Waals surface area contributed by atoms with E-state index < -0.39 is 8.32 Å². The molecule has 3 aromatic heterocycles. The number of carbonyl (C=O) groups excluding carboxylic acids is 1. The molecule has 0 bridgehead atoms. The third-order valence-corrected chi connectivity index (χ3v) is 11.4. The zero-order valence-corrected chi connectivity index (χ0v) is 23.4. The van der Waals surface area contributed by atoms with Gasteiger partial charge in [0.15, 0.2) is 19.7 Å². The van der Waals surface area contributed by atoms with Gasteiger partial charge < -0.3 is 14.5 Å². The van der Waals surface area contributed by atoms with Crippen LogP contribution in [0.5, 0.6) is 5.75 Å². The van der Waals surface area contributed by atoms with E-state index >= 15 is 0 Å². The van der Waals surface area contributed by atoms with E-state index in [1.807, 2.05) is 55.6 Å². The molecule has 3 heterocycles. The zero-order valence-electron chi connectivity index (χ0n) is 22.4. The van der Waals surface area contributed by atoms with Gasteiger partial charge in [-0.2, -0.15) is 0 Å². The van der Waals surface area contributed by atoms with Crippen molar-refractivity contribution in [3.63, 3.8) is 0 Å². The van der Waals surface area contributed by atoms with E-state index in [-0.39, 0.29) is 23.6 Å². The van der Waals surface area contributed by atoms with Gasteiger partial charge >= 0.3 is 0 Å². The number of hydrogen-bond acceptors (Lipinski definition) is 6. The van der Waals surface area contributed by atoms with Gasteiger partial charge in [-0.1, -0.05) is 51.1 Å². The molecule has 0 aliphatic heterocycles. The van der Waals surface area contributed by atoms with Crippen LogP contribution in [0.25, 0.3) is 5.65 Å². The van der Waals surface area contributed by atoms with Crippen LogP contribution in [0.1, 0.15) is 54.3 Å². The molecule has 4 rings (SSSR count). The molecule has 0 saturated carbocycles. The van der Waals surface area contributed by atoms with Gasteiger partial charge in [0.25, 0.3) is 5.91 Å². The first-order valence-corrected chi connectivity index (χ1v) is 15.3. The van der Waals surface area contributed by atoms with Crippen molar-refractivity contribution < 1.29 is 14.0 Å². The average Bonchev–Trinajstić information content (AvgIpc) is 3.22. The molecule has 1 N–H and O–H groups in total. The number of ether oxygens (including phenoxy) is 1. The quantitative estimate of drug-likeness (QED) is 0.295. The standard InChI is InChI=1S/C28H35N5O3Si/c1-20-25(33-16-10-13-24(26(33)31-20)35-17-22-14-15-29-19-30-22)27(34)32-23(21-11-8-7-9-12-21)18-36-37(5,6)28(2,3)4/h7-16,19,23H,17-18H2,1-6H3,(H,32,34)/t23-/m0/s1. The number of imidazole rings is 1. The molecule has 9 heteroatoms. The summed E-state index contributed by atoms with van der Waals surface area (Å²) in [6.07, 6.45) is 4.98. The highest BCUT2D eigenvalue weighted by atomic mass is 28.4. The summed E-state index contributed by atoms with van der Waals surface area (Å²) in [4.78, 5) is 26.5. The van der Waals surface area contributed by atoms with Crippen LogP contribution < -0.4 is 10.1 Å². The molecule has 0 spiro atoms. The van der Waals surface area contributed by atoms with Gasteiger partial charge in [-0.05, 0) is 48.8 Å². The Balaban J connectivity index is 1.59. The monoisotopic (exact) mass is 517 g/mol. The lowest BCUT2D eigenvalue weighted by molar-refractivity contribution is 0.0911. The molecule has 37 heavy (non-hydrogen) atoms. The summed E-state index contributed by atoms with van der Waals surface area (Å²) in [6, 6.07) is 15.1. The third kappa shape index (κ3) is 6.06. The number of hydrogen-bond donors (Lipinski definition) is 1. The molecule has 0 aliphatic rings. The number of fused-ring (bicyclic) bond motifs is 1. The maximum Gasteiger partial charge on any atom is 0.270 e. The number of nitrogens with one attached hydrogen (secondary N) is 1. The average molecular weight is 518 g/mol. The molecule has 0 fully saturated rings. The lowest BCUT2D eigenvalue weighted by Crippen LogP contribution is -2.43. The number of carbonyl (C=O) groups is 1. The number of aryl methyl sites for hydroxylation is 1. The molecule has 1 aromatic carbocycles. The van der Waals surface area contributed by atoms with Crippen molar-refractivity contribution in [1.82, 2.24) is 24.7 Å².